The molecular weight excluding hydrogens is 202 g/mol. The van der Waals surface area contributed by atoms with Gasteiger partial charge in [-0.15, -0.1) is 0 Å². The van der Waals surface area contributed by atoms with E-state index in [1.807, 2.05) is 6.07 Å². The Balaban J connectivity index is 2.82. The van der Waals surface area contributed by atoms with Crippen molar-refractivity contribution in [2.75, 3.05) is 30.9 Å². The van der Waals surface area contributed by atoms with Crippen LogP contribution in [0.4, 0.5) is 11.5 Å². The van der Waals surface area contributed by atoms with Crippen molar-refractivity contribution in [2.24, 2.45) is 0 Å². The molecule has 90 valence electrons. The second-order valence-corrected chi connectivity index (χ2v) is 3.89. The van der Waals surface area contributed by atoms with Crippen LogP contribution in [0.15, 0.2) is 18.3 Å². The maximum Gasteiger partial charge on any atom is 0.130 e. The van der Waals surface area contributed by atoms with Gasteiger partial charge in [-0.1, -0.05) is 6.92 Å². The first-order valence-electron chi connectivity index (χ1n) is 5.66. The summed E-state index contributed by atoms with van der Waals surface area (Å²) in [5.41, 5.74) is 6.51. The third-order valence-electron chi connectivity index (χ3n) is 2.72. The Hall–Kier alpha value is -1.29. The summed E-state index contributed by atoms with van der Waals surface area (Å²) in [7, 11) is 1.71. The predicted molar refractivity (Wildman–Crippen MR) is 67.6 cm³/mol. The molecule has 4 nitrogen and oxygen atoms in total. The van der Waals surface area contributed by atoms with E-state index in [2.05, 4.69) is 23.7 Å². The van der Waals surface area contributed by atoms with E-state index in [1.54, 1.807) is 19.4 Å². The number of aromatic nitrogens is 1. The van der Waals surface area contributed by atoms with Gasteiger partial charge in [-0.3, -0.25) is 0 Å². The summed E-state index contributed by atoms with van der Waals surface area (Å²) in [5.74, 6) is 0.923. The van der Waals surface area contributed by atoms with Crippen molar-refractivity contribution in [3.05, 3.63) is 18.3 Å². The number of ether oxygens (including phenoxy) is 1. The summed E-state index contributed by atoms with van der Waals surface area (Å²) < 4.78 is 5.12. The zero-order valence-corrected chi connectivity index (χ0v) is 10.3. The Bertz CT molecular complexity index is 317. The van der Waals surface area contributed by atoms with Gasteiger partial charge in [0.2, 0.25) is 0 Å². The fraction of sp³-hybridized carbons (Fsp3) is 0.583. The van der Waals surface area contributed by atoms with E-state index < -0.39 is 0 Å². The van der Waals surface area contributed by atoms with Crippen LogP contribution in [0.3, 0.4) is 0 Å². The van der Waals surface area contributed by atoms with Crippen LogP contribution in [0.2, 0.25) is 0 Å². The Morgan fingerprint density at radius 1 is 1.56 bits per heavy atom. The number of rotatable bonds is 6. The largest absolute Gasteiger partial charge is 0.399 e. The van der Waals surface area contributed by atoms with E-state index >= 15 is 0 Å². The zero-order valence-electron chi connectivity index (χ0n) is 10.3. The molecule has 1 aromatic rings. The molecule has 1 heterocycles. The fourth-order valence-corrected chi connectivity index (χ4v) is 1.56. The molecule has 1 aromatic heterocycles. The third kappa shape index (κ3) is 3.38. The Labute approximate surface area is 97.4 Å². The number of methoxy groups -OCH3 is 1. The van der Waals surface area contributed by atoms with E-state index in [0.29, 0.717) is 12.6 Å². The minimum Gasteiger partial charge on any atom is -0.399 e. The Morgan fingerprint density at radius 2 is 2.31 bits per heavy atom. The first-order chi connectivity index (χ1) is 7.69. The van der Waals surface area contributed by atoms with Crippen LogP contribution >= 0.6 is 0 Å². The van der Waals surface area contributed by atoms with Gasteiger partial charge in [-0.25, -0.2) is 4.98 Å². The van der Waals surface area contributed by atoms with Gasteiger partial charge < -0.3 is 15.4 Å². The first kappa shape index (κ1) is 12.8. The lowest BCUT2D eigenvalue weighted by atomic mass is 10.2. The highest BCUT2D eigenvalue weighted by molar-refractivity contribution is 5.50. The molecule has 0 spiro atoms. The van der Waals surface area contributed by atoms with Gasteiger partial charge >= 0.3 is 0 Å². The van der Waals surface area contributed by atoms with Crippen LogP contribution in [0.1, 0.15) is 20.3 Å². The summed E-state index contributed by atoms with van der Waals surface area (Å²) in [6.45, 7) is 5.88. The number of nitrogens with two attached hydrogens (primary N) is 1. The number of hydrogen-bond acceptors (Lipinski definition) is 4. The highest BCUT2D eigenvalue weighted by Gasteiger charge is 2.13. The molecule has 0 aromatic carbocycles. The molecule has 0 aliphatic carbocycles. The van der Waals surface area contributed by atoms with Crippen LogP contribution in [0.25, 0.3) is 0 Å². The van der Waals surface area contributed by atoms with Gasteiger partial charge in [0.25, 0.3) is 0 Å². The van der Waals surface area contributed by atoms with Gasteiger partial charge in [-0.2, -0.15) is 0 Å². The standard InChI is InChI=1S/C12H21N3O/c1-4-10(2)15(7-8-16-3)12-9-11(13)5-6-14-12/h5-6,9-10H,4,7-8H2,1-3H3,(H2,13,14). The second-order valence-electron chi connectivity index (χ2n) is 3.89. The van der Waals surface area contributed by atoms with Crippen molar-refractivity contribution in [1.29, 1.82) is 0 Å². The lowest BCUT2D eigenvalue weighted by molar-refractivity contribution is 0.203. The van der Waals surface area contributed by atoms with Gasteiger partial charge in [-0.05, 0) is 19.4 Å². The van der Waals surface area contributed by atoms with Crippen LogP contribution in [0.5, 0.6) is 0 Å². The molecule has 0 aliphatic heterocycles. The zero-order chi connectivity index (χ0) is 12.0. The molecule has 0 amide bonds. The topological polar surface area (TPSA) is 51.4 Å². The van der Waals surface area contributed by atoms with Gasteiger partial charge in [0.15, 0.2) is 0 Å². The quantitative estimate of drug-likeness (QED) is 0.800. The highest BCUT2D eigenvalue weighted by atomic mass is 16.5. The van der Waals surface area contributed by atoms with Crippen molar-refractivity contribution in [3.63, 3.8) is 0 Å². The van der Waals surface area contributed by atoms with Crippen molar-refractivity contribution >= 4 is 11.5 Å². The molecule has 1 unspecified atom stereocenters. The molecule has 1 atom stereocenters. The molecule has 0 fully saturated rings. The smallest absolute Gasteiger partial charge is 0.130 e. The third-order valence-corrected chi connectivity index (χ3v) is 2.72. The molecule has 0 saturated carbocycles. The maximum atomic E-state index is 5.77. The average molecular weight is 223 g/mol. The number of nitrogen functional groups attached to an aromatic ring is 1. The molecule has 0 bridgehead atoms. The van der Waals surface area contributed by atoms with Crippen LogP contribution in [0, 0.1) is 0 Å². The molecule has 0 aliphatic rings. The number of anilines is 2. The summed E-state index contributed by atoms with van der Waals surface area (Å²) in [5, 5.41) is 0. The molecular formula is C12H21N3O. The Morgan fingerprint density at radius 3 is 2.88 bits per heavy atom. The van der Waals surface area contributed by atoms with Crippen molar-refractivity contribution in [2.45, 2.75) is 26.3 Å². The monoisotopic (exact) mass is 223 g/mol. The molecule has 4 heteroatoms. The molecule has 16 heavy (non-hydrogen) atoms. The van der Waals surface area contributed by atoms with Gasteiger partial charge in [0.05, 0.1) is 6.61 Å². The van der Waals surface area contributed by atoms with E-state index in [-0.39, 0.29) is 0 Å². The number of nitrogens with zero attached hydrogens (tertiary/aromatic N) is 2. The summed E-state index contributed by atoms with van der Waals surface area (Å²) in [6.07, 6.45) is 2.81. The first-order valence-corrected chi connectivity index (χ1v) is 5.66. The fourth-order valence-electron chi connectivity index (χ4n) is 1.56. The second kappa shape index (κ2) is 6.33. The van der Waals surface area contributed by atoms with Crippen molar-refractivity contribution in [3.8, 4) is 0 Å². The van der Waals surface area contributed by atoms with Crippen molar-refractivity contribution < 1.29 is 4.74 Å². The van der Waals surface area contributed by atoms with Crippen molar-refractivity contribution in [1.82, 2.24) is 4.98 Å². The molecule has 1 rings (SSSR count). The van der Waals surface area contributed by atoms with E-state index in [0.717, 1.165) is 24.5 Å². The van der Waals surface area contributed by atoms with Crippen LogP contribution in [-0.2, 0) is 4.74 Å². The van der Waals surface area contributed by atoms with E-state index in [9.17, 15) is 0 Å². The minimum absolute atomic E-state index is 0.435. The Kier molecular flexibility index (Phi) is 5.05. The SMILES string of the molecule is CCC(C)N(CCOC)c1cc(N)ccn1. The lowest BCUT2D eigenvalue weighted by Gasteiger charge is -2.29. The average Bonchev–Trinajstić information content (AvgIpc) is 2.29. The summed E-state index contributed by atoms with van der Waals surface area (Å²) in [4.78, 5) is 6.57. The summed E-state index contributed by atoms with van der Waals surface area (Å²) >= 11 is 0. The molecule has 0 radical (unpaired) electrons. The van der Waals surface area contributed by atoms with E-state index in [1.165, 1.54) is 0 Å². The van der Waals surface area contributed by atoms with E-state index in [4.69, 9.17) is 10.5 Å². The van der Waals surface area contributed by atoms with Gasteiger partial charge in [0, 0.05) is 37.6 Å². The number of hydrogen-bond donors (Lipinski definition) is 1. The minimum atomic E-state index is 0.435. The van der Waals surface area contributed by atoms with Gasteiger partial charge in [0.1, 0.15) is 5.82 Å². The summed E-state index contributed by atoms with van der Waals surface area (Å²) in [6, 6.07) is 4.14. The molecule has 0 saturated heterocycles. The molecule has 2 N–H and O–H groups in total. The highest BCUT2D eigenvalue weighted by Crippen LogP contribution is 2.17. The number of pyridine rings is 1. The normalized spacial score (nSPS) is 12.4. The van der Waals surface area contributed by atoms with Crippen LogP contribution < -0.4 is 10.6 Å². The lowest BCUT2D eigenvalue weighted by Crippen LogP contribution is -2.36. The van der Waals surface area contributed by atoms with Crippen LogP contribution in [-0.4, -0.2) is 31.3 Å². The predicted octanol–water partition coefficient (Wildman–Crippen LogP) is 1.92. The maximum absolute atomic E-state index is 5.77.